The van der Waals surface area contributed by atoms with E-state index in [1.165, 1.54) is 12.3 Å². The predicted octanol–water partition coefficient (Wildman–Crippen LogP) is 3.16. The van der Waals surface area contributed by atoms with Crippen molar-refractivity contribution >= 4 is 40.1 Å². The van der Waals surface area contributed by atoms with Crippen LogP contribution in [0.1, 0.15) is 17.5 Å². The van der Waals surface area contributed by atoms with Gasteiger partial charge in [-0.3, -0.25) is 9.59 Å². The van der Waals surface area contributed by atoms with Crippen molar-refractivity contribution < 1.29 is 32.3 Å². The lowest BCUT2D eigenvalue weighted by molar-refractivity contribution is -0.149. The lowest BCUT2D eigenvalue weighted by Crippen LogP contribution is -2.52. The highest BCUT2D eigenvalue weighted by Crippen LogP contribution is 2.37. The van der Waals surface area contributed by atoms with Crippen LogP contribution in [0.15, 0.2) is 36.7 Å². The summed E-state index contributed by atoms with van der Waals surface area (Å²) in [5.41, 5.74) is -3.08. The Morgan fingerprint density at radius 3 is 2.75 bits per heavy atom. The monoisotopic (exact) mass is 470 g/mol. The van der Waals surface area contributed by atoms with E-state index >= 15 is 0 Å². The van der Waals surface area contributed by atoms with Gasteiger partial charge in [0.05, 0.1) is 17.4 Å². The number of rotatable bonds is 4. The Balaban J connectivity index is 1.54. The van der Waals surface area contributed by atoms with Crippen molar-refractivity contribution in [3.8, 4) is 0 Å². The number of pyridine rings is 1. The first-order valence-corrected chi connectivity index (χ1v) is 9.69. The number of halogens is 5. The van der Waals surface area contributed by atoms with E-state index in [4.69, 9.17) is 11.6 Å². The molecule has 12 heteroatoms. The number of alkyl halides is 3. The molecule has 4 rings (SSSR count). The second kappa shape index (κ2) is 7.75. The van der Waals surface area contributed by atoms with E-state index < -0.39 is 35.0 Å². The molecule has 0 aliphatic carbocycles. The van der Waals surface area contributed by atoms with Gasteiger partial charge in [-0.1, -0.05) is 11.6 Å². The van der Waals surface area contributed by atoms with Gasteiger partial charge in [-0.05, 0) is 29.8 Å². The Bertz CT molecular complexity index is 1210. The van der Waals surface area contributed by atoms with Gasteiger partial charge in [0, 0.05) is 36.1 Å². The third-order valence-electron chi connectivity index (χ3n) is 5.18. The van der Waals surface area contributed by atoms with E-state index in [9.17, 15) is 32.3 Å². The molecule has 7 nitrogen and oxygen atoms in total. The maximum absolute atomic E-state index is 13.4. The molecule has 1 aliphatic heterocycles. The number of aliphatic hydroxyl groups is 1. The van der Waals surface area contributed by atoms with Crippen LogP contribution in [-0.2, 0) is 22.3 Å². The van der Waals surface area contributed by atoms with Crippen LogP contribution in [0.25, 0.3) is 11.0 Å². The molecule has 1 atom stereocenters. The third-order valence-corrected chi connectivity index (χ3v) is 5.40. The van der Waals surface area contributed by atoms with Gasteiger partial charge in [0.2, 0.25) is 5.60 Å². The summed E-state index contributed by atoms with van der Waals surface area (Å²) in [5, 5.41) is 12.9. The highest BCUT2D eigenvalue weighted by atomic mass is 35.5. The molecule has 2 aromatic heterocycles. The van der Waals surface area contributed by atoms with Gasteiger partial charge in [0.1, 0.15) is 11.5 Å². The number of amides is 2. The second-order valence-electron chi connectivity index (χ2n) is 7.32. The van der Waals surface area contributed by atoms with E-state index in [-0.39, 0.29) is 41.3 Å². The number of nitrogens with zero attached hydrogens (tertiary/aromatic N) is 2. The second-order valence-corrected chi connectivity index (χ2v) is 7.75. The molecule has 1 fully saturated rings. The molecule has 168 valence electrons. The lowest BCUT2D eigenvalue weighted by atomic mass is 10.0. The summed E-state index contributed by atoms with van der Waals surface area (Å²) in [5.74, 6) is -2.64. The van der Waals surface area contributed by atoms with Gasteiger partial charge >= 0.3 is 6.18 Å². The number of aromatic nitrogens is 2. The molecule has 2 amide bonds. The first kappa shape index (κ1) is 22.0. The Hall–Kier alpha value is -3.18. The molecule has 0 spiro atoms. The minimum Gasteiger partial charge on any atom is -0.372 e. The smallest absolute Gasteiger partial charge is 0.372 e. The highest BCUT2D eigenvalue weighted by molar-refractivity contribution is 6.30. The number of carbonyl (C=O) groups excluding carboxylic acids is 2. The zero-order valence-electron chi connectivity index (χ0n) is 16.1. The zero-order chi connectivity index (χ0) is 23.3. The number of nitrogens with one attached hydrogen (secondary N) is 2. The molecule has 3 heterocycles. The molecular formula is C20H15ClF4N4O3. The Labute approximate surface area is 183 Å². The normalized spacial score (nSPS) is 19.1. The summed E-state index contributed by atoms with van der Waals surface area (Å²) in [4.78, 5) is 32.7. The summed E-state index contributed by atoms with van der Waals surface area (Å²) in [7, 11) is 0. The minimum atomic E-state index is -4.63. The number of hydrogen-bond donors (Lipinski definition) is 3. The first-order chi connectivity index (χ1) is 15.0. The minimum absolute atomic E-state index is 0.00763. The van der Waals surface area contributed by atoms with Crippen molar-refractivity contribution in [3.05, 3.63) is 58.6 Å². The van der Waals surface area contributed by atoms with E-state index in [1.807, 2.05) is 0 Å². The third kappa shape index (κ3) is 3.89. The SMILES string of the molecule is O=C(NCc1cc(F)cc(Cl)c1)[C@@]1(O)CCN(c2cnc3[nH]cc(C(F)(F)F)c3c2)C1=O. The van der Waals surface area contributed by atoms with Crippen molar-refractivity contribution in [2.45, 2.75) is 24.7 Å². The summed E-state index contributed by atoms with van der Waals surface area (Å²) >= 11 is 5.76. The Kier molecular flexibility index (Phi) is 5.33. The van der Waals surface area contributed by atoms with Crippen LogP contribution in [0, 0.1) is 5.82 Å². The fraction of sp³-hybridized carbons (Fsp3) is 0.250. The average molecular weight is 471 g/mol. The molecule has 3 N–H and O–H groups in total. The van der Waals surface area contributed by atoms with Gasteiger partial charge in [-0.2, -0.15) is 13.2 Å². The quantitative estimate of drug-likeness (QED) is 0.403. The standard InChI is InChI=1S/C20H15ClF4N4O3/c21-11-3-10(4-12(22)5-11)7-28-17(30)19(32)1-2-29(18(19)31)13-6-14-15(20(23,24)25)9-27-16(14)26-8-13/h3-6,8-9,32H,1-2,7H2,(H,26,27)(H,28,30)/t19-/m0/s1. The summed E-state index contributed by atoms with van der Waals surface area (Å²) in [6, 6.07) is 4.75. The predicted molar refractivity (Wildman–Crippen MR) is 106 cm³/mol. The fourth-order valence-electron chi connectivity index (χ4n) is 3.58. The van der Waals surface area contributed by atoms with Gasteiger partial charge in [-0.15, -0.1) is 0 Å². The van der Waals surface area contributed by atoms with E-state index in [2.05, 4.69) is 15.3 Å². The van der Waals surface area contributed by atoms with E-state index in [0.29, 0.717) is 5.56 Å². The number of hydrogen-bond acceptors (Lipinski definition) is 4. The average Bonchev–Trinajstić information content (AvgIpc) is 3.27. The van der Waals surface area contributed by atoms with Crippen molar-refractivity contribution in [2.24, 2.45) is 0 Å². The molecule has 0 unspecified atom stereocenters. The molecule has 3 aromatic rings. The topological polar surface area (TPSA) is 98.3 Å². The summed E-state index contributed by atoms with van der Waals surface area (Å²) in [6.07, 6.45) is -2.97. The molecule has 1 saturated heterocycles. The van der Waals surface area contributed by atoms with E-state index in [0.717, 1.165) is 29.3 Å². The largest absolute Gasteiger partial charge is 0.418 e. The van der Waals surface area contributed by atoms with Crippen LogP contribution in [0.2, 0.25) is 5.02 Å². The van der Waals surface area contributed by atoms with Gasteiger partial charge < -0.3 is 20.3 Å². The van der Waals surface area contributed by atoms with Gasteiger partial charge in [0.25, 0.3) is 11.8 Å². The Morgan fingerprint density at radius 1 is 1.31 bits per heavy atom. The number of benzene rings is 1. The first-order valence-electron chi connectivity index (χ1n) is 9.31. The van der Waals surface area contributed by atoms with Crippen LogP contribution < -0.4 is 10.2 Å². The van der Waals surface area contributed by atoms with Crippen molar-refractivity contribution in [2.75, 3.05) is 11.4 Å². The van der Waals surface area contributed by atoms with Crippen LogP contribution >= 0.6 is 11.6 Å². The molecule has 1 aliphatic rings. The van der Waals surface area contributed by atoms with Crippen LogP contribution in [0.5, 0.6) is 0 Å². The molecule has 0 saturated carbocycles. The van der Waals surface area contributed by atoms with Crippen LogP contribution in [-0.4, -0.2) is 39.0 Å². The summed E-state index contributed by atoms with van der Waals surface area (Å²) < 4.78 is 53.0. The number of anilines is 1. The van der Waals surface area contributed by atoms with Gasteiger partial charge in [0.15, 0.2) is 0 Å². The molecule has 0 bridgehead atoms. The van der Waals surface area contributed by atoms with E-state index in [1.54, 1.807) is 0 Å². The van der Waals surface area contributed by atoms with Crippen molar-refractivity contribution in [3.63, 3.8) is 0 Å². The molecular weight excluding hydrogens is 456 g/mol. The maximum atomic E-state index is 13.4. The molecule has 0 radical (unpaired) electrons. The highest BCUT2D eigenvalue weighted by Gasteiger charge is 2.51. The summed E-state index contributed by atoms with van der Waals surface area (Å²) in [6.45, 7) is -0.314. The van der Waals surface area contributed by atoms with Gasteiger partial charge in [-0.25, -0.2) is 9.37 Å². The molecule has 32 heavy (non-hydrogen) atoms. The van der Waals surface area contributed by atoms with Crippen molar-refractivity contribution in [1.82, 2.24) is 15.3 Å². The van der Waals surface area contributed by atoms with Crippen LogP contribution in [0.3, 0.4) is 0 Å². The number of fused-ring (bicyclic) bond motifs is 1. The zero-order valence-corrected chi connectivity index (χ0v) is 16.9. The number of aromatic amines is 1. The molecule has 1 aromatic carbocycles. The Morgan fingerprint density at radius 2 is 2.06 bits per heavy atom. The van der Waals surface area contributed by atoms with Crippen LogP contribution in [0.4, 0.5) is 23.2 Å². The number of H-pyrrole nitrogens is 1. The maximum Gasteiger partial charge on any atom is 0.418 e. The lowest BCUT2D eigenvalue weighted by Gasteiger charge is -2.22. The van der Waals surface area contributed by atoms with Crippen molar-refractivity contribution in [1.29, 1.82) is 0 Å². The number of carbonyl (C=O) groups is 2. The fourth-order valence-corrected chi connectivity index (χ4v) is 3.82.